The van der Waals surface area contributed by atoms with Crippen molar-refractivity contribution in [3.8, 4) is 6.07 Å². The van der Waals surface area contributed by atoms with Gasteiger partial charge in [0.2, 0.25) is 0 Å². The molecule has 0 N–H and O–H groups in total. The van der Waals surface area contributed by atoms with Crippen LogP contribution in [0.25, 0.3) is 0 Å². The zero-order chi connectivity index (χ0) is 8.53. The van der Waals surface area contributed by atoms with Crippen LogP contribution in [0.1, 0.15) is 46.0 Å². The van der Waals surface area contributed by atoms with Crippen LogP contribution in [0, 0.1) is 11.3 Å². The van der Waals surface area contributed by atoms with Crippen molar-refractivity contribution in [2.24, 2.45) is 0 Å². The molecule has 0 aliphatic heterocycles. The lowest BCUT2D eigenvalue weighted by atomic mass is 10.0. The maximum atomic E-state index is 8.44. The van der Waals surface area contributed by atoms with Crippen LogP contribution in [0.15, 0.2) is 11.6 Å². The predicted molar refractivity (Wildman–Crippen MR) is 48.1 cm³/mol. The molecule has 1 nitrogen and oxygen atoms in total. The van der Waals surface area contributed by atoms with E-state index in [0.717, 1.165) is 19.3 Å². The lowest BCUT2D eigenvalue weighted by Crippen LogP contribution is -1.82. The Morgan fingerprint density at radius 3 is 2.45 bits per heavy atom. The van der Waals surface area contributed by atoms with Gasteiger partial charge >= 0.3 is 0 Å². The number of nitrogens with zero attached hydrogens (tertiary/aromatic N) is 1. The average molecular weight is 151 g/mol. The summed E-state index contributed by atoms with van der Waals surface area (Å²) in [5, 5.41) is 8.44. The van der Waals surface area contributed by atoms with Crippen LogP contribution >= 0.6 is 0 Å². The molecule has 0 aromatic carbocycles. The third kappa shape index (κ3) is 5.66. The molecular weight excluding hydrogens is 134 g/mol. The van der Waals surface area contributed by atoms with Crippen LogP contribution in [0.2, 0.25) is 0 Å². The Morgan fingerprint density at radius 2 is 2.00 bits per heavy atom. The first kappa shape index (κ1) is 10.2. The molecule has 11 heavy (non-hydrogen) atoms. The van der Waals surface area contributed by atoms with Gasteiger partial charge in [0.1, 0.15) is 0 Å². The molecule has 62 valence electrons. The topological polar surface area (TPSA) is 23.8 Å². The summed E-state index contributed by atoms with van der Waals surface area (Å²) in [7, 11) is 0. The first-order valence-corrected chi connectivity index (χ1v) is 4.42. The molecule has 0 amide bonds. The van der Waals surface area contributed by atoms with Crippen molar-refractivity contribution in [2.45, 2.75) is 46.0 Å². The summed E-state index contributed by atoms with van der Waals surface area (Å²) in [6, 6.07) is 2.10. The van der Waals surface area contributed by atoms with E-state index in [-0.39, 0.29) is 0 Å². The molecule has 0 saturated carbocycles. The average Bonchev–Trinajstić information content (AvgIpc) is 2.01. The van der Waals surface area contributed by atoms with E-state index in [2.05, 4.69) is 19.9 Å². The SMILES string of the molecule is CCCC/C(=C/C#N)CCC. The van der Waals surface area contributed by atoms with Gasteiger partial charge in [-0.2, -0.15) is 5.26 Å². The summed E-state index contributed by atoms with van der Waals surface area (Å²) in [4.78, 5) is 0. The third-order valence-corrected chi connectivity index (χ3v) is 1.69. The Hall–Kier alpha value is -0.770. The lowest BCUT2D eigenvalue weighted by Gasteiger charge is -2.01. The second-order valence-electron chi connectivity index (χ2n) is 2.79. The second-order valence-corrected chi connectivity index (χ2v) is 2.79. The monoisotopic (exact) mass is 151 g/mol. The summed E-state index contributed by atoms with van der Waals surface area (Å²) in [5.41, 5.74) is 1.32. The van der Waals surface area contributed by atoms with E-state index < -0.39 is 0 Å². The number of nitriles is 1. The molecule has 0 aliphatic carbocycles. The van der Waals surface area contributed by atoms with Crippen molar-refractivity contribution in [2.75, 3.05) is 0 Å². The van der Waals surface area contributed by atoms with Gasteiger partial charge in [-0.05, 0) is 19.3 Å². The second kappa shape index (κ2) is 7.34. The van der Waals surface area contributed by atoms with Gasteiger partial charge in [-0.1, -0.05) is 32.3 Å². The first-order valence-electron chi connectivity index (χ1n) is 4.42. The Bertz CT molecular complexity index is 151. The zero-order valence-electron chi connectivity index (χ0n) is 7.56. The molecule has 0 spiro atoms. The Labute approximate surface area is 69.7 Å². The van der Waals surface area contributed by atoms with E-state index in [0.29, 0.717) is 0 Å². The number of hydrogen-bond acceptors (Lipinski definition) is 1. The predicted octanol–water partition coefficient (Wildman–Crippen LogP) is 3.43. The fourth-order valence-corrected chi connectivity index (χ4v) is 1.09. The van der Waals surface area contributed by atoms with E-state index >= 15 is 0 Å². The van der Waals surface area contributed by atoms with Crippen molar-refractivity contribution in [3.63, 3.8) is 0 Å². The molecule has 0 saturated heterocycles. The fourth-order valence-electron chi connectivity index (χ4n) is 1.09. The Balaban J connectivity index is 3.72. The summed E-state index contributed by atoms with van der Waals surface area (Å²) in [5.74, 6) is 0. The standard InChI is InChI=1S/C10H17N/c1-3-5-7-10(6-4-2)8-9-11/h8H,3-7H2,1-2H3/b10-8+. The molecule has 0 aliphatic rings. The molecule has 0 bridgehead atoms. The van der Waals surface area contributed by atoms with Gasteiger partial charge in [0.25, 0.3) is 0 Å². The molecule has 1 heteroatoms. The number of unbranched alkanes of at least 4 members (excludes halogenated alkanes) is 1. The van der Waals surface area contributed by atoms with E-state index in [4.69, 9.17) is 5.26 Å². The highest BCUT2D eigenvalue weighted by Gasteiger charge is 1.94. The molecule has 0 atom stereocenters. The molecule has 0 fully saturated rings. The van der Waals surface area contributed by atoms with E-state index in [9.17, 15) is 0 Å². The van der Waals surface area contributed by atoms with Crippen LogP contribution in [0.4, 0.5) is 0 Å². The molecular formula is C10H17N. The molecule has 0 aromatic heterocycles. The minimum Gasteiger partial charge on any atom is -0.193 e. The van der Waals surface area contributed by atoms with Crippen molar-refractivity contribution in [3.05, 3.63) is 11.6 Å². The van der Waals surface area contributed by atoms with Crippen LogP contribution < -0.4 is 0 Å². The van der Waals surface area contributed by atoms with Crippen molar-refractivity contribution >= 4 is 0 Å². The van der Waals surface area contributed by atoms with Gasteiger partial charge in [0, 0.05) is 6.08 Å². The van der Waals surface area contributed by atoms with Crippen molar-refractivity contribution < 1.29 is 0 Å². The normalized spacial score (nSPS) is 11.2. The number of hydrogen-bond donors (Lipinski definition) is 0. The Morgan fingerprint density at radius 1 is 1.27 bits per heavy atom. The molecule has 0 aromatic rings. The van der Waals surface area contributed by atoms with Gasteiger partial charge in [-0.3, -0.25) is 0 Å². The number of allylic oxidation sites excluding steroid dienone is 2. The molecule has 0 heterocycles. The summed E-state index contributed by atoms with van der Waals surface area (Å²) >= 11 is 0. The minimum absolute atomic E-state index is 1.09. The first-order chi connectivity index (χ1) is 5.35. The lowest BCUT2D eigenvalue weighted by molar-refractivity contribution is 0.743. The maximum absolute atomic E-state index is 8.44. The molecule has 0 radical (unpaired) electrons. The zero-order valence-corrected chi connectivity index (χ0v) is 7.56. The van der Waals surface area contributed by atoms with Gasteiger partial charge in [0.05, 0.1) is 6.07 Å². The highest BCUT2D eigenvalue weighted by atomic mass is 14.2. The smallest absolute Gasteiger partial charge is 0.0911 e. The van der Waals surface area contributed by atoms with Crippen LogP contribution in [0.3, 0.4) is 0 Å². The molecule has 0 unspecified atom stereocenters. The highest BCUT2D eigenvalue weighted by molar-refractivity contribution is 5.13. The quantitative estimate of drug-likeness (QED) is 0.552. The summed E-state index contributed by atoms with van der Waals surface area (Å²) in [6.07, 6.45) is 7.49. The molecule has 0 rings (SSSR count). The van der Waals surface area contributed by atoms with Crippen molar-refractivity contribution in [1.29, 1.82) is 5.26 Å². The van der Waals surface area contributed by atoms with E-state index in [1.165, 1.54) is 18.4 Å². The van der Waals surface area contributed by atoms with E-state index in [1.807, 2.05) is 0 Å². The van der Waals surface area contributed by atoms with Gasteiger partial charge < -0.3 is 0 Å². The van der Waals surface area contributed by atoms with Crippen molar-refractivity contribution in [1.82, 2.24) is 0 Å². The number of rotatable bonds is 5. The van der Waals surface area contributed by atoms with Crippen LogP contribution in [-0.4, -0.2) is 0 Å². The van der Waals surface area contributed by atoms with E-state index in [1.54, 1.807) is 6.08 Å². The van der Waals surface area contributed by atoms with Gasteiger partial charge in [-0.25, -0.2) is 0 Å². The highest BCUT2D eigenvalue weighted by Crippen LogP contribution is 2.12. The summed E-state index contributed by atoms with van der Waals surface area (Å²) in [6.45, 7) is 4.33. The minimum atomic E-state index is 1.09. The fraction of sp³-hybridized carbons (Fsp3) is 0.700. The van der Waals surface area contributed by atoms with Gasteiger partial charge in [-0.15, -0.1) is 0 Å². The van der Waals surface area contributed by atoms with Crippen LogP contribution in [0.5, 0.6) is 0 Å². The van der Waals surface area contributed by atoms with Gasteiger partial charge in [0.15, 0.2) is 0 Å². The van der Waals surface area contributed by atoms with Crippen LogP contribution in [-0.2, 0) is 0 Å². The Kier molecular flexibility index (Phi) is 6.82. The third-order valence-electron chi connectivity index (χ3n) is 1.69. The largest absolute Gasteiger partial charge is 0.193 e. The summed E-state index contributed by atoms with van der Waals surface area (Å²) < 4.78 is 0. The maximum Gasteiger partial charge on any atom is 0.0911 e.